The van der Waals surface area contributed by atoms with Gasteiger partial charge < -0.3 is 4.74 Å². The average Bonchev–Trinajstić information content (AvgIpc) is 2.45. The Bertz CT molecular complexity index is 614. The summed E-state index contributed by atoms with van der Waals surface area (Å²) >= 11 is 10.2. The summed E-state index contributed by atoms with van der Waals surface area (Å²) in [5.74, 6) is 1.57. The van der Waals surface area contributed by atoms with Gasteiger partial charge in [0.2, 0.25) is 0 Å². The van der Waals surface area contributed by atoms with Gasteiger partial charge in [0.05, 0.1) is 0 Å². The van der Waals surface area contributed by atoms with Gasteiger partial charge in [-0.05, 0) is 79.1 Å². The maximum absolute atomic E-state index is 5.88. The van der Waals surface area contributed by atoms with E-state index in [0.717, 1.165) is 30.2 Å². The van der Waals surface area contributed by atoms with E-state index >= 15 is 0 Å². The van der Waals surface area contributed by atoms with E-state index in [2.05, 4.69) is 45.0 Å². The third-order valence-electron chi connectivity index (χ3n) is 2.46. The highest BCUT2D eigenvalue weighted by atomic mass is 79.9. The van der Waals surface area contributed by atoms with E-state index in [9.17, 15) is 0 Å². The zero-order valence-electron chi connectivity index (χ0n) is 11.0. The molecule has 0 aliphatic rings. The van der Waals surface area contributed by atoms with E-state index in [4.69, 9.17) is 4.74 Å². The molecule has 2 aromatic carbocycles. The topological polar surface area (TPSA) is 9.23 Å². The number of ether oxygens (including phenoxy) is 1. The third-order valence-corrected chi connectivity index (χ3v) is 5.85. The third kappa shape index (κ3) is 4.68. The second-order valence-corrected chi connectivity index (χ2v) is 7.58. The molecule has 0 aliphatic carbocycles. The van der Waals surface area contributed by atoms with Gasteiger partial charge in [0.25, 0.3) is 0 Å². The molecule has 5 heteroatoms. The lowest BCUT2D eigenvalue weighted by Gasteiger charge is -2.09. The van der Waals surface area contributed by atoms with Crippen molar-refractivity contribution in [3.8, 4) is 11.5 Å². The zero-order valence-corrected chi connectivity index (χ0v) is 15.8. The van der Waals surface area contributed by atoms with Gasteiger partial charge in [-0.25, -0.2) is 0 Å². The minimum Gasteiger partial charge on any atom is -0.457 e. The second-order valence-electron chi connectivity index (χ2n) is 3.86. The van der Waals surface area contributed by atoms with Crippen LogP contribution in [0.2, 0.25) is 0 Å². The molecule has 0 amide bonds. The van der Waals surface area contributed by atoms with Crippen LogP contribution in [0.1, 0.15) is 0 Å². The fraction of sp³-hybridized carbons (Fsp3) is 0. The number of thioether (sulfide) groups is 2. The molecule has 0 saturated heterocycles. The highest BCUT2D eigenvalue weighted by Crippen LogP contribution is 2.35. The Balaban J connectivity index is 2.18. The molecule has 0 aromatic heterocycles. The SMILES string of the molecule is C=CSc1ccc(Oc2ccc(SC=C)c(Br)c2)cc1Br. The fourth-order valence-electron chi connectivity index (χ4n) is 1.60. The summed E-state index contributed by atoms with van der Waals surface area (Å²) in [7, 11) is 0. The molecular weight excluding hydrogens is 432 g/mol. The van der Waals surface area contributed by atoms with Crippen molar-refractivity contribution in [3.05, 3.63) is 69.3 Å². The van der Waals surface area contributed by atoms with Crippen LogP contribution in [0.5, 0.6) is 11.5 Å². The Morgan fingerprint density at radius 1 is 0.810 bits per heavy atom. The fourth-order valence-corrected chi connectivity index (χ4v) is 3.87. The first-order chi connectivity index (χ1) is 10.1. The van der Waals surface area contributed by atoms with Crippen LogP contribution >= 0.6 is 55.4 Å². The number of hydrogen-bond donors (Lipinski definition) is 0. The van der Waals surface area contributed by atoms with Crippen molar-refractivity contribution >= 4 is 55.4 Å². The van der Waals surface area contributed by atoms with E-state index in [1.165, 1.54) is 0 Å². The first kappa shape index (κ1) is 16.7. The molecule has 0 bridgehead atoms. The summed E-state index contributed by atoms with van der Waals surface area (Å²) in [6, 6.07) is 11.8. The predicted molar refractivity (Wildman–Crippen MR) is 100 cm³/mol. The first-order valence-corrected chi connectivity index (χ1v) is 9.30. The van der Waals surface area contributed by atoms with Gasteiger partial charge in [0.15, 0.2) is 0 Å². The molecule has 2 rings (SSSR count). The van der Waals surface area contributed by atoms with Crippen molar-refractivity contribution in [1.82, 2.24) is 0 Å². The van der Waals surface area contributed by atoms with Crippen molar-refractivity contribution in [1.29, 1.82) is 0 Å². The van der Waals surface area contributed by atoms with Gasteiger partial charge in [-0.15, -0.1) is 0 Å². The highest BCUT2D eigenvalue weighted by molar-refractivity contribution is 9.10. The highest BCUT2D eigenvalue weighted by Gasteiger charge is 2.05. The van der Waals surface area contributed by atoms with Crippen molar-refractivity contribution in [3.63, 3.8) is 0 Å². The van der Waals surface area contributed by atoms with E-state index < -0.39 is 0 Å². The standard InChI is InChI=1S/C16H12Br2OS2/c1-3-20-15-7-5-11(9-13(15)17)19-12-6-8-16(21-4-2)14(18)10-12/h3-10H,1-2H2. The van der Waals surface area contributed by atoms with Crippen LogP contribution in [0.3, 0.4) is 0 Å². The molecule has 0 atom stereocenters. The number of hydrogen-bond acceptors (Lipinski definition) is 3. The van der Waals surface area contributed by atoms with Crippen LogP contribution in [0.25, 0.3) is 0 Å². The largest absolute Gasteiger partial charge is 0.457 e. The van der Waals surface area contributed by atoms with E-state index in [1.807, 2.05) is 36.4 Å². The minimum absolute atomic E-state index is 0.784. The molecule has 108 valence electrons. The van der Waals surface area contributed by atoms with E-state index in [1.54, 1.807) is 34.3 Å². The van der Waals surface area contributed by atoms with Gasteiger partial charge >= 0.3 is 0 Å². The molecule has 0 radical (unpaired) electrons. The summed E-state index contributed by atoms with van der Waals surface area (Å²) < 4.78 is 7.85. The lowest BCUT2D eigenvalue weighted by Crippen LogP contribution is -1.86. The molecular formula is C16H12Br2OS2. The van der Waals surface area contributed by atoms with Crippen molar-refractivity contribution in [2.75, 3.05) is 0 Å². The maximum Gasteiger partial charge on any atom is 0.128 e. The smallest absolute Gasteiger partial charge is 0.128 e. The summed E-state index contributed by atoms with van der Waals surface area (Å²) in [6.07, 6.45) is 0. The number of rotatable bonds is 6. The van der Waals surface area contributed by atoms with Crippen LogP contribution < -0.4 is 4.74 Å². The van der Waals surface area contributed by atoms with E-state index in [0.29, 0.717) is 0 Å². The summed E-state index contributed by atoms with van der Waals surface area (Å²) in [5.41, 5.74) is 0. The molecule has 0 heterocycles. The van der Waals surface area contributed by atoms with Crippen LogP contribution in [0.15, 0.2) is 79.1 Å². The van der Waals surface area contributed by atoms with Gasteiger partial charge in [-0.1, -0.05) is 36.7 Å². The molecule has 0 fully saturated rings. The second kappa shape index (κ2) is 8.13. The molecule has 0 unspecified atom stereocenters. The monoisotopic (exact) mass is 442 g/mol. The van der Waals surface area contributed by atoms with Crippen molar-refractivity contribution < 1.29 is 4.74 Å². The Kier molecular flexibility index (Phi) is 6.48. The quantitative estimate of drug-likeness (QED) is 0.428. The Morgan fingerprint density at radius 3 is 1.57 bits per heavy atom. The van der Waals surface area contributed by atoms with Gasteiger partial charge in [0, 0.05) is 18.7 Å². The van der Waals surface area contributed by atoms with Crippen LogP contribution in [-0.2, 0) is 0 Å². The van der Waals surface area contributed by atoms with Gasteiger partial charge in [0.1, 0.15) is 11.5 Å². The first-order valence-electron chi connectivity index (χ1n) is 5.96. The summed E-state index contributed by atoms with van der Waals surface area (Å²) in [4.78, 5) is 2.22. The normalized spacial score (nSPS) is 10.2. The van der Waals surface area contributed by atoms with Crippen molar-refractivity contribution in [2.45, 2.75) is 9.79 Å². The Labute approximate surface area is 150 Å². The average molecular weight is 444 g/mol. The van der Waals surface area contributed by atoms with Crippen LogP contribution in [0.4, 0.5) is 0 Å². The zero-order chi connectivity index (χ0) is 15.2. The lowest BCUT2D eigenvalue weighted by molar-refractivity contribution is 0.481. The predicted octanol–water partition coefficient (Wildman–Crippen LogP) is 7.48. The number of halogens is 2. The molecule has 1 nitrogen and oxygen atoms in total. The van der Waals surface area contributed by atoms with Crippen LogP contribution in [-0.4, -0.2) is 0 Å². The molecule has 2 aromatic rings. The van der Waals surface area contributed by atoms with E-state index in [-0.39, 0.29) is 0 Å². The summed E-state index contributed by atoms with van der Waals surface area (Å²) in [6.45, 7) is 7.43. The van der Waals surface area contributed by atoms with Crippen molar-refractivity contribution in [2.24, 2.45) is 0 Å². The molecule has 0 aliphatic heterocycles. The number of benzene rings is 2. The maximum atomic E-state index is 5.88. The lowest BCUT2D eigenvalue weighted by atomic mass is 10.3. The summed E-state index contributed by atoms with van der Waals surface area (Å²) in [5, 5.41) is 3.60. The van der Waals surface area contributed by atoms with Crippen LogP contribution in [0, 0.1) is 0 Å². The molecule has 21 heavy (non-hydrogen) atoms. The Morgan fingerprint density at radius 2 is 1.24 bits per heavy atom. The molecule has 0 N–H and O–H groups in total. The van der Waals surface area contributed by atoms with Gasteiger partial charge in [-0.2, -0.15) is 0 Å². The van der Waals surface area contributed by atoms with Gasteiger partial charge in [-0.3, -0.25) is 0 Å². The molecule has 0 saturated carbocycles. The molecule has 0 spiro atoms. The minimum atomic E-state index is 0.784. The Hall–Kier alpha value is -0.620.